The van der Waals surface area contributed by atoms with Gasteiger partial charge in [-0.3, -0.25) is 4.98 Å². The van der Waals surface area contributed by atoms with Gasteiger partial charge in [0, 0.05) is 24.4 Å². The van der Waals surface area contributed by atoms with Crippen LogP contribution in [0.25, 0.3) is 16.8 Å². The number of imidazole rings is 1. The van der Waals surface area contributed by atoms with Crippen LogP contribution in [0.3, 0.4) is 0 Å². The molecule has 5 rings (SSSR count). The molecule has 7 nitrogen and oxygen atoms in total. The molecule has 0 amide bonds. The topological polar surface area (TPSA) is 76.4 Å². The number of nitrogens with one attached hydrogen (secondary N) is 2. The second-order valence-electron chi connectivity index (χ2n) is 7.20. The Morgan fingerprint density at radius 2 is 2.07 bits per heavy atom. The minimum Gasteiger partial charge on any atom is -0.487 e. The second-order valence-corrected chi connectivity index (χ2v) is 7.61. The fourth-order valence-electron chi connectivity index (χ4n) is 3.58. The molecule has 3 aromatic heterocycles. The molecule has 0 bridgehead atoms. The number of piperidine rings is 1. The Morgan fingerprint density at radius 3 is 2.93 bits per heavy atom. The first-order valence-electron chi connectivity index (χ1n) is 9.96. The summed E-state index contributed by atoms with van der Waals surface area (Å²) >= 11 is 6.36. The molecule has 0 radical (unpaired) electrons. The van der Waals surface area contributed by atoms with Crippen molar-refractivity contribution in [2.24, 2.45) is 0 Å². The van der Waals surface area contributed by atoms with Crippen molar-refractivity contribution in [3.05, 3.63) is 66.1 Å². The van der Waals surface area contributed by atoms with Gasteiger partial charge in [0.15, 0.2) is 0 Å². The van der Waals surface area contributed by atoms with Crippen LogP contribution in [0, 0.1) is 0 Å². The van der Waals surface area contributed by atoms with Gasteiger partial charge in [0.05, 0.1) is 28.6 Å². The zero-order valence-electron chi connectivity index (χ0n) is 16.3. The molecule has 1 aliphatic rings. The smallest absolute Gasteiger partial charge is 0.229 e. The monoisotopic (exact) mass is 420 g/mol. The van der Waals surface area contributed by atoms with E-state index in [2.05, 4.69) is 20.6 Å². The predicted octanol–water partition coefficient (Wildman–Crippen LogP) is 4.32. The first-order valence-corrected chi connectivity index (χ1v) is 10.3. The minimum absolute atomic E-state index is 0.142. The summed E-state index contributed by atoms with van der Waals surface area (Å²) in [6.45, 7) is 1.89. The lowest BCUT2D eigenvalue weighted by Gasteiger charge is -2.25. The molecule has 4 aromatic rings. The Morgan fingerprint density at radius 1 is 1.13 bits per heavy atom. The van der Waals surface area contributed by atoms with Gasteiger partial charge in [-0.1, -0.05) is 29.8 Å². The van der Waals surface area contributed by atoms with E-state index in [-0.39, 0.29) is 6.10 Å². The molecule has 1 fully saturated rings. The molecule has 0 unspecified atom stereocenters. The van der Waals surface area contributed by atoms with Crippen molar-refractivity contribution in [2.45, 2.75) is 18.9 Å². The third-order valence-corrected chi connectivity index (χ3v) is 5.44. The van der Waals surface area contributed by atoms with E-state index in [1.54, 1.807) is 23.1 Å². The van der Waals surface area contributed by atoms with E-state index in [0.717, 1.165) is 54.1 Å². The van der Waals surface area contributed by atoms with Gasteiger partial charge in [0.2, 0.25) is 5.95 Å². The van der Waals surface area contributed by atoms with E-state index in [1.807, 2.05) is 42.5 Å². The van der Waals surface area contributed by atoms with Gasteiger partial charge in [-0.25, -0.2) is 4.98 Å². The van der Waals surface area contributed by atoms with E-state index in [4.69, 9.17) is 21.4 Å². The van der Waals surface area contributed by atoms with E-state index in [1.165, 1.54) is 0 Å². The third kappa shape index (κ3) is 3.81. The number of halogens is 1. The fourth-order valence-corrected chi connectivity index (χ4v) is 3.81. The minimum atomic E-state index is 0.142. The second kappa shape index (κ2) is 8.30. The lowest BCUT2D eigenvalue weighted by atomic mass is 10.1. The molecule has 0 saturated carbocycles. The fraction of sp³-hybridized carbons (Fsp3) is 0.227. The number of aromatic nitrogens is 4. The number of fused-ring (bicyclic) bond motifs is 1. The Hall–Kier alpha value is -3.16. The standard InChI is InChI=1S/C22H21ClN6O/c23-18-6-2-1-5-17(18)19-8-7-15-12-26-22(29(15)28-19)27-20-14-25-11-9-21(20)30-16-4-3-10-24-13-16/h1-2,5-9,11-12,14,16,24H,3-4,10,13H2,(H,26,27)/t16-/m0/s1. The zero-order chi connectivity index (χ0) is 20.3. The van der Waals surface area contributed by atoms with E-state index in [9.17, 15) is 0 Å². The van der Waals surface area contributed by atoms with Crippen molar-refractivity contribution < 1.29 is 4.74 Å². The molecule has 30 heavy (non-hydrogen) atoms. The highest BCUT2D eigenvalue weighted by Gasteiger charge is 2.17. The zero-order valence-corrected chi connectivity index (χ0v) is 17.0. The van der Waals surface area contributed by atoms with Crippen LogP contribution < -0.4 is 15.4 Å². The number of anilines is 2. The summed E-state index contributed by atoms with van der Waals surface area (Å²) in [5.74, 6) is 1.33. The van der Waals surface area contributed by atoms with Crippen LogP contribution in [0.4, 0.5) is 11.6 Å². The van der Waals surface area contributed by atoms with Crippen LogP contribution in [0.15, 0.2) is 61.1 Å². The molecule has 1 aromatic carbocycles. The lowest BCUT2D eigenvalue weighted by Crippen LogP contribution is -2.37. The molecule has 0 spiro atoms. The predicted molar refractivity (Wildman–Crippen MR) is 117 cm³/mol. The molecule has 1 saturated heterocycles. The van der Waals surface area contributed by atoms with E-state index < -0.39 is 0 Å². The molecular formula is C22H21ClN6O. The maximum Gasteiger partial charge on any atom is 0.229 e. The first kappa shape index (κ1) is 18.8. The molecule has 0 aliphatic carbocycles. The van der Waals surface area contributed by atoms with Crippen LogP contribution in [-0.2, 0) is 0 Å². The van der Waals surface area contributed by atoms with Gasteiger partial charge < -0.3 is 15.4 Å². The number of nitrogens with zero attached hydrogens (tertiary/aromatic N) is 4. The Balaban J connectivity index is 1.46. The van der Waals surface area contributed by atoms with E-state index in [0.29, 0.717) is 11.0 Å². The largest absolute Gasteiger partial charge is 0.487 e. The Labute approximate surface area is 179 Å². The normalized spacial score (nSPS) is 16.5. The lowest BCUT2D eigenvalue weighted by molar-refractivity contribution is 0.168. The molecule has 1 atom stereocenters. The number of rotatable bonds is 5. The molecular weight excluding hydrogens is 400 g/mol. The Bertz CT molecular complexity index is 1170. The van der Waals surface area contributed by atoms with Crippen molar-refractivity contribution >= 4 is 28.8 Å². The van der Waals surface area contributed by atoms with Gasteiger partial charge in [0.25, 0.3) is 0 Å². The first-order chi connectivity index (χ1) is 14.8. The SMILES string of the molecule is Clc1ccccc1-c1ccc2cnc(Nc3cnccc3O[C@H]3CCCNC3)n2n1. The number of pyridine rings is 1. The van der Waals surface area contributed by atoms with Crippen LogP contribution >= 0.6 is 11.6 Å². The summed E-state index contributed by atoms with van der Waals surface area (Å²) in [5.41, 5.74) is 3.26. The molecule has 152 valence electrons. The molecule has 2 N–H and O–H groups in total. The van der Waals surface area contributed by atoms with Crippen molar-refractivity contribution in [3.63, 3.8) is 0 Å². The Kier molecular flexibility index (Phi) is 5.21. The van der Waals surface area contributed by atoms with Crippen molar-refractivity contribution in [3.8, 4) is 17.0 Å². The van der Waals surface area contributed by atoms with Crippen LogP contribution in [0.5, 0.6) is 5.75 Å². The van der Waals surface area contributed by atoms with Gasteiger partial charge in [-0.15, -0.1) is 0 Å². The highest BCUT2D eigenvalue weighted by Crippen LogP contribution is 2.30. The number of hydrogen-bond acceptors (Lipinski definition) is 6. The third-order valence-electron chi connectivity index (χ3n) is 5.11. The summed E-state index contributed by atoms with van der Waals surface area (Å²) in [5, 5.41) is 12.1. The quantitative estimate of drug-likeness (QED) is 0.500. The van der Waals surface area contributed by atoms with E-state index >= 15 is 0 Å². The summed E-state index contributed by atoms with van der Waals surface area (Å²) in [6, 6.07) is 13.4. The molecule has 8 heteroatoms. The highest BCUT2D eigenvalue weighted by molar-refractivity contribution is 6.33. The number of benzene rings is 1. The maximum absolute atomic E-state index is 6.36. The summed E-state index contributed by atoms with van der Waals surface area (Å²) < 4.78 is 7.98. The average Bonchev–Trinajstić information content (AvgIpc) is 3.18. The number of ether oxygens (including phenoxy) is 1. The maximum atomic E-state index is 6.36. The van der Waals surface area contributed by atoms with Gasteiger partial charge in [0.1, 0.15) is 17.5 Å². The van der Waals surface area contributed by atoms with Gasteiger partial charge >= 0.3 is 0 Å². The van der Waals surface area contributed by atoms with Crippen LogP contribution in [0.1, 0.15) is 12.8 Å². The number of hydrogen-bond donors (Lipinski definition) is 2. The molecule has 1 aliphatic heterocycles. The van der Waals surface area contributed by atoms with Gasteiger partial charge in [-0.05, 0) is 37.6 Å². The van der Waals surface area contributed by atoms with Crippen LogP contribution in [0.2, 0.25) is 5.02 Å². The van der Waals surface area contributed by atoms with Crippen molar-refractivity contribution in [1.82, 2.24) is 24.9 Å². The van der Waals surface area contributed by atoms with Crippen LogP contribution in [-0.4, -0.2) is 38.8 Å². The highest BCUT2D eigenvalue weighted by atomic mass is 35.5. The average molecular weight is 421 g/mol. The van der Waals surface area contributed by atoms with Crippen molar-refractivity contribution in [2.75, 3.05) is 18.4 Å². The summed E-state index contributed by atoms with van der Waals surface area (Å²) in [7, 11) is 0. The van der Waals surface area contributed by atoms with Gasteiger partial charge in [-0.2, -0.15) is 9.61 Å². The summed E-state index contributed by atoms with van der Waals surface area (Å²) in [6.07, 6.45) is 7.53. The summed E-state index contributed by atoms with van der Waals surface area (Å²) in [4.78, 5) is 8.74. The van der Waals surface area contributed by atoms with Crippen molar-refractivity contribution in [1.29, 1.82) is 0 Å². The molecule has 4 heterocycles.